The predicted octanol–water partition coefficient (Wildman–Crippen LogP) is 4.63. The van der Waals surface area contributed by atoms with E-state index in [0.717, 1.165) is 36.8 Å². The minimum Gasteiger partial charge on any atom is -0.255 e. The van der Waals surface area contributed by atoms with Crippen LogP contribution in [-0.4, -0.2) is 21.2 Å². The molecule has 0 spiro atoms. The Morgan fingerprint density at radius 3 is 2.71 bits per heavy atom. The molecule has 21 heavy (non-hydrogen) atoms. The van der Waals surface area contributed by atoms with E-state index in [1.807, 2.05) is 36.7 Å². The van der Waals surface area contributed by atoms with E-state index in [0.29, 0.717) is 0 Å². The fourth-order valence-electron chi connectivity index (χ4n) is 2.34. The molecule has 0 aliphatic rings. The van der Waals surface area contributed by atoms with Gasteiger partial charge in [0.05, 0.1) is 15.9 Å². The maximum absolute atomic E-state index is 4.68. The van der Waals surface area contributed by atoms with Gasteiger partial charge in [-0.1, -0.05) is 42.1 Å². The fourth-order valence-corrected chi connectivity index (χ4v) is 3.80. The van der Waals surface area contributed by atoms with Gasteiger partial charge in [-0.15, -0.1) is 11.3 Å². The van der Waals surface area contributed by atoms with Crippen LogP contribution in [0.1, 0.15) is 0 Å². The van der Waals surface area contributed by atoms with Gasteiger partial charge < -0.3 is 0 Å². The van der Waals surface area contributed by atoms with Crippen LogP contribution in [0.4, 0.5) is 0 Å². The molecule has 0 amide bonds. The van der Waals surface area contributed by atoms with Gasteiger partial charge >= 0.3 is 0 Å². The van der Waals surface area contributed by atoms with Crippen molar-refractivity contribution in [3.63, 3.8) is 0 Å². The first-order valence-electron chi connectivity index (χ1n) is 6.51. The van der Waals surface area contributed by atoms with Gasteiger partial charge in [-0.3, -0.25) is 4.98 Å². The second kappa shape index (κ2) is 5.09. The fraction of sp³-hybridized carbons (Fsp3) is 0.0625. The molecule has 0 aliphatic carbocycles. The Morgan fingerprint density at radius 2 is 1.90 bits per heavy atom. The third-order valence-electron chi connectivity index (χ3n) is 3.31. The molecule has 102 valence electrons. The molecule has 0 radical (unpaired) electrons. The van der Waals surface area contributed by atoms with Crippen LogP contribution in [0.2, 0.25) is 0 Å². The summed E-state index contributed by atoms with van der Waals surface area (Å²) in [5.74, 6) is 0. The number of thioether (sulfide) groups is 1. The van der Waals surface area contributed by atoms with Crippen LogP contribution in [0.25, 0.3) is 32.5 Å². The molecule has 0 fully saturated rings. The SMILES string of the molecule is CSc1nc2nc3ccnc(-c4ccccc4)c3cc2s1. The smallest absolute Gasteiger partial charge is 0.172 e. The lowest BCUT2D eigenvalue weighted by molar-refractivity contribution is 1.25. The minimum absolute atomic E-state index is 0.821. The molecule has 0 unspecified atom stereocenters. The van der Waals surface area contributed by atoms with Crippen LogP contribution in [-0.2, 0) is 0 Å². The first-order chi connectivity index (χ1) is 10.3. The molecular weight excluding hydrogens is 298 g/mol. The lowest BCUT2D eigenvalue weighted by atomic mass is 10.1. The van der Waals surface area contributed by atoms with E-state index in [-0.39, 0.29) is 0 Å². The van der Waals surface area contributed by atoms with Crippen LogP contribution in [0.5, 0.6) is 0 Å². The molecular formula is C16H11N3S2. The van der Waals surface area contributed by atoms with Crippen molar-refractivity contribution >= 4 is 44.3 Å². The quantitative estimate of drug-likeness (QED) is 0.506. The number of fused-ring (bicyclic) bond motifs is 2. The molecule has 1 aromatic carbocycles. The average molecular weight is 309 g/mol. The van der Waals surface area contributed by atoms with Crippen molar-refractivity contribution in [1.82, 2.24) is 15.0 Å². The van der Waals surface area contributed by atoms with E-state index in [4.69, 9.17) is 0 Å². The zero-order valence-corrected chi connectivity index (χ0v) is 12.9. The summed E-state index contributed by atoms with van der Waals surface area (Å²) >= 11 is 3.33. The lowest BCUT2D eigenvalue weighted by Crippen LogP contribution is -1.88. The van der Waals surface area contributed by atoms with Crippen LogP contribution < -0.4 is 0 Å². The highest BCUT2D eigenvalue weighted by Crippen LogP contribution is 2.32. The normalized spacial score (nSPS) is 11.3. The number of thiazole rings is 1. The Kier molecular flexibility index (Phi) is 3.09. The van der Waals surface area contributed by atoms with Gasteiger partial charge in [-0.05, 0) is 18.4 Å². The van der Waals surface area contributed by atoms with E-state index < -0.39 is 0 Å². The van der Waals surface area contributed by atoms with E-state index in [1.54, 1.807) is 23.1 Å². The predicted molar refractivity (Wildman–Crippen MR) is 89.9 cm³/mol. The maximum Gasteiger partial charge on any atom is 0.172 e. The molecule has 4 aromatic rings. The van der Waals surface area contributed by atoms with Crippen molar-refractivity contribution in [2.75, 3.05) is 6.26 Å². The van der Waals surface area contributed by atoms with Crippen molar-refractivity contribution in [3.05, 3.63) is 48.7 Å². The summed E-state index contributed by atoms with van der Waals surface area (Å²) in [7, 11) is 0. The number of pyridine rings is 2. The summed E-state index contributed by atoms with van der Waals surface area (Å²) in [5.41, 5.74) is 3.84. The monoisotopic (exact) mass is 309 g/mol. The summed E-state index contributed by atoms with van der Waals surface area (Å²) in [6.45, 7) is 0. The molecule has 4 rings (SSSR count). The van der Waals surface area contributed by atoms with E-state index in [2.05, 4.69) is 33.2 Å². The Morgan fingerprint density at radius 1 is 1.05 bits per heavy atom. The molecule has 3 aromatic heterocycles. The van der Waals surface area contributed by atoms with E-state index in [1.165, 1.54) is 0 Å². The molecule has 0 bridgehead atoms. The zero-order chi connectivity index (χ0) is 14.2. The van der Waals surface area contributed by atoms with Gasteiger partial charge in [0.25, 0.3) is 0 Å². The third kappa shape index (κ3) is 2.18. The molecule has 0 saturated carbocycles. The molecule has 0 atom stereocenters. The largest absolute Gasteiger partial charge is 0.255 e. The highest BCUT2D eigenvalue weighted by molar-refractivity contribution is 8.00. The Hall–Kier alpha value is -1.98. The first kappa shape index (κ1) is 12.7. The Labute approximate surface area is 130 Å². The highest BCUT2D eigenvalue weighted by Gasteiger charge is 2.10. The average Bonchev–Trinajstić information content (AvgIpc) is 2.95. The third-order valence-corrected chi connectivity index (χ3v) is 5.28. The maximum atomic E-state index is 4.68. The topological polar surface area (TPSA) is 38.7 Å². The highest BCUT2D eigenvalue weighted by atomic mass is 32.2. The second-order valence-corrected chi connectivity index (χ2v) is 6.67. The van der Waals surface area contributed by atoms with Crippen molar-refractivity contribution < 1.29 is 0 Å². The Balaban J connectivity index is 2.04. The molecule has 5 heteroatoms. The van der Waals surface area contributed by atoms with Gasteiger partial charge in [0, 0.05) is 17.1 Å². The van der Waals surface area contributed by atoms with Crippen LogP contribution in [0.15, 0.2) is 53.0 Å². The van der Waals surface area contributed by atoms with Gasteiger partial charge in [0.1, 0.15) is 0 Å². The number of nitrogens with zero attached hydrogens (tertiary/aromatic N) is 3. The minimum atomic E-state index is 0.821. The number of rotatable bonds is 2. The number of hydrogen-bond donors (Lipinski definition) is 0. The van der Waals surface area contributed by atoms with E-state index in [9.17, 15) is 0 Å². The summed E-state index contributed by atoms with van der Waals surface area (Å²) in [6, 6.07) is 14.3. The lowest BCUT2D eigenvalue weighted by Gasteiger charge is -2.05. The molecule has 0 saturated heterocycles. The van der Waals surface area contributed by atoms with Crippen molar-refractivity contribution in [1.29, 1.82) is 0 Å². The summed E-state index contributed by atoms with van der Waals surface area (Å²) < 4.78 is 2.15. The van der Waals surface area contributed by atoms with Crippen LogP contribution in [0.3, 0.4) is 0 Å². The summed E-state index contributed by atoms with van der Waals surface area (Å²) in [6.07, 6.45) is 3.85. The first-order valence-corrected chi connectivity index (χ1v) is 8.55. The van der Waals surface area contributed by atoms with Crippen LogP contribution >= 0.6 is 23.1 Å². The molecule has 0 aliphatic heterocycles. The van der Waals surface area contributed by atoms with Gasteiger partial charge in [-0.25, -0.2) is 9.97 Å². The Bertz CT molecular complexity index is 932. The number of benzene rings is 1. The van der Waals surface area contributed by atoms with Gasteiger partial charge in [0.15, 0.2) is 9.99 Å². The van der Waals surface area contributed by atoms with Crippen molar-refractivity contribution in [3.8, 4) is 11.3 Å². The van der Waals surface area contributed by atoms with Crippen molar-refractivity contribution in [2.24, 2.45) is 0 Å². The zero-order valence-electron chi connectivity index (χ0n) is 11.3. The van der Waals surface area contributed by atoms with Gasteiger partial charge in [-0.2, -0.15) is 0 Å². The molecule has 3 nitrogen and oxygen atoms in total. The number of hydrogen-bond acceptors (Lipinski definition) is 5. The number of aromatic nitrogens is 3. The molecule has 0 N–H and O–H groups in total. The van der Waals surface area contributed by atoms with Crippen molar-refractivity contribution in [2.45, 2.75) is 4.34 Å². The standard InChI is InChI=1S/C16H11N3S2/c1-20-16-19-15-13(21-16)9-11-12(18-15)7-8-17-14(11)10-5-3-2-4-6-10/h2-9H,1H3. The summed E-state index contributed by atoms with van der Waals surface area (Å²) in [5, 5.41) is 1.08. The van der Waals surface area contributed by atoms with Gasteiger partial charge in [0.2, 0.25) is 0 Å². The van der Waals surface area contributed by atoms with E-state index >= 15 is 0 Å². The second-order valence-electron chi connectivity index (χ2n) is 4.59. The van der Waals surface area contributed by atoms with Crippen LogP contribution in [0, 0.1) is 0 Å². The summed E-state index contributed by atoms with van der Waals surface area (Å²) in [4.78, 5) is 13.8. The molecule has 3 heterocycles.